The Balaban J connectivity index is 2.64. The molecule has 1 rings (SSSR count). The second-order valence-corrected chi connectivity index (χ2v) is 5.29. The zero-order valence-electron chi connectivity index (χ0n) is 9.98. The first-order valence-corrected chi connectivity index (χ1v) is 6.34. The second kappa shape index (κ2) is 6.71. The highest BCUT2D eigenvalue weighted by atomic mass is 79.9. The molecule has 0 fully saturated rings. The first kappa shape index (κ1) is 14.1. The van der Waals surface area contributed by atoms with Crippen LogP contribution in [0.3, 0.4) is 0 Å². The Labute approximate surface area is 110 Å². The number of halogens is 1. The molecule has 0 bridgehead atoms. The quantitative estimate of drug-likeness (QED) is 0.874. The summed E-state index contributed by atoms with van der Waals surface area (Å²) in [7, 11) is 0. The number of hydrogen-bond donors (Lipinski definition) is 2. The van der Waals surface area contributed by atoms with Crippen LogP contribution in [-0.2, 0) is 0 Å². The first-order chi connectivity index (χ1) is 8.02. The Morgan fingerprint density at radius 3 is 2.76 bits per heavy atom. The van der Waals surface area contributed by atoms with Gasteiger partial charge in [-0.1, -0.05) is 13.8 Å². The van der Waals surface area contributed by atoms with Crippen LogP contribution in [0.5, 0.6) is 0 Å². The van der Waals surface area contributed by atoms with Crippen LogP contribution in [0.2, 0.25) is 0 Å². The fourth-order valence-electron chi connectivity index (χ4n) is 1.55. The molecule has 0 saturated carbocycles. The fourth-order valence-corrected chi connectivity index (χ4v) is 1.92. The Morgan fingerprint density at radius 2 is 2.24 bits per heavy atom. The molecule has 1 aromatic heterocycles. The average Bonchev–Trinajstić information content (AvgIpc) is 2.27. The summed E-state index contributed by atoms with van der Waals surface area (Å²) in [6.07, 6.45) is 3.88. The normalized spacial score (nSPS) is 12.5. The summed E-state index contributed by atoms with van der Waals surface area (Å²) < 4.78 is 0.759. The molecule has 1 aromatic rings. The number of hydrogen-bond acceptors (Lipinski definition) is 3. The van der Waals surface area contributed by atoms with Crippen LogP contribution in [-0.4, -0.2) is 28.6 Å². The molecule has 5 heteroatoms. The number of nitrogens with zero attached hydrogens (tertiary/aromatic N) is 1. The Morgan fingerprint density at radius 1 is 1.53 bits per heavy atom. The predicted molar refractivity (Wildman–Crippen MR) is 69.7 cm³/mol. The van der Waals surface area contributed by atoms with Gasteiger partial charge in [0.1, 0.15) is 0 Å². The van der Waals surface area contributed by atoms with Crippen molar-refractivity contribution in [2.45, 2.75) is 26.3 Å². The highest BCUT2D eigenvalue weighted by Gasteiger charge is 2.14. The molecule has 0 aliphatic heterocycles. The van der Waals surface area contributed by atoms with Crippen LogP contribution >= 0.6 is 15.9 Å². The highest BCUT2D eigenvalue weighted by molar-refractivity contribution is 9.10. The van der Waals surface area contributed by atoms with Crippen LogP contribution in [0.15, 0.2) is 22.9 Å². The monoisotopic (exact) mass is 300 g/mol. The summed E-state index contributed by atoms with van der Waals surface area (Å²) in [5.74, 6) is 0.214. The lowest BCUT2D eigenvalue weighted by atomic mass is 10.0. The maximum absolute atomic E-state index is 11.9. The molecule has 0 spiro atoms. The number of aliphatic hydroxyl groups is 1. The topological polar surface area (TPSA) is 62.2 Å². The van der Waals surface area contributed by atoms with Gasteiger partial charge in [-0.25, -0.2) is 0 Å². The van der Waals surface area contributed by atoms with E-state index in [1.54, 1.807) is 12.3 Å². The Hall–Kier alpha value is -0.940. The molecule has 1 amide bonds. The van der Waals surface area contributed by atoms with Gasteiger partial charge in [-0.15, -0.1) is 0 Å². The van der Waals surface area contributed by atoms with Gasteiger partial charge < -0.3 is 10.4 Å². The molecule has 2 N–H and O–H groups in total. The number of nitrogens with one attached hydrogen (secondary N) is 1. The summed E-state index contributed by atoms with van der Waals surface area (Å²) in [5, 5.41) is 12.0. The first-order valence-electron chi connectivity index (χ1n) is 5.55. The molecule has 0 saturated heterocycles. The zero-order chi connectivity index (χ0) is 12.8. The van der Waals surface area contributed by atoms with Crippen molar-refractivity contribution >= 4 is 21.8 Å². The van der Waals surface area contributed by atoms with E-state index in [1.807, 2.05) is 0 Å². The molecule has 0 aliphatic carbocycles. The average molecular weight is 301 g/mol. The third-order valence-electron chi connectivity index (χ3n) is 2.28. The van der Waals surface area contributed by atoms with E-state index in [-0.39, 0.29) is 18.6 Å². The van der Waals surface area contributed by atoms with E-state index in [0.29, 0.717) is 11.5 Å². The summed E-state index contributed by atoms with van der Waals surface area (Å²) in [6.45, 7) is 4.05. The molecule has 1 unspecified atom stereocenters. The molecule has 94 valence electrons. The van der Waals surface area contributed by atoms with Crippen LogP contribution in [0.1, 0.15) is 30.6 Å². The Kier molecular flexibility index (Phi) is 5.58. The summed E-state index contributed by atoms with van der Waals surface area (Å²) in [4.78, 5) is 15.8. The minimum absolute atomic E-state index is 0.0502. The van der Waals surface area contributed by atoms with Gasteiger partial charge in [0.2, 0.25) is 0 Å². The second-order valence-electron chi connectivity index (χ2n) is 4.37. The molecule has 1 atom stereocenters. The molecule has 0 aliphatic rings. The zero-order valence-corrected chi connectivity index (χ0v) is 11.6. The fraction of sp³-hybridized carbons (Fsp3) is 0.500. The number of rotatable bonds is 5. The largest absolute Gasteiger partial charge is 0.394 e. The third-order valence-corrected chi connectivity index (χ3v) is 2.71. The van der Waals surface area contributed by atoms with Crippen molar-refractivity contribution in [2.75, 3.05) is 6.61 Å². The Bertz CT molecular complexity index is 383. The molecule has 1 heterocycles. The predicted octanol–water partition coefficient (Wildman–Crippen LogP) is 1.98. The maximum Gasteiger partial charge on any atom is 0.253 e. The van der Waals surface area contributed by atoms with E-state index in [2.05, 4.69) is 40.1 Å². The van der Waals surface area contributed by atoms with Crippen molar-refractivity contribution in [3.63, 3.8) is 0 Å². The van der Waals surface area contributed by atoms with Crippen molar-refractivity contribution in [3.05, 3.63) is 28.5 Å². The summed E-state index contributed by atoms with van der Waals surface area (Å²) in [6, 6.07) is 1.49. The van der Waals surface area contributed by atoms with Gasteiger partial charge in [0.15, 0.2) is 0 Å². The maximum atomic E-state index is 11.9. The van der Waals surface area contributed by atoms with Gasteiger partial charge in [-0.05, 0) is 34.3 Å². The highest BCUT2D eigenvalue weighted by Crippen LogP contribution is 2.10. The lowest BCUT2D eigenvalue weighted by molar-refractivity contribution is 0.0908. The van der Waals surface area contributed by atoms with Gasteiger partial charge in [-0.2, -0.15) is 0 Å². The van der Waals surface area contributed by atoms with E-state index in [0.717, 1.165) is 10.9 Å². The number of aliphatic hydroxyl groups excluding tert-OH is 1. The third kappa shape index (κ3) is 4.83. The van der Waals surface area contributed by atoms with Crippen molar-refractivity contribution in [2.24, 2.45) is 5.92 Å². The lowest BCUT2D eigenvalue weighted by Crippen LogP contribution is -2.38. The molecule has 4 nitrogen and oxygen atoms in total. The molecule has 0 aromatic carbocycles. The molecule has 0 radical (unpaired) electrons. The SMILES string of the molecule is CC(C)CC(CO)NC(=O)c1cncc(Br)c1. The number of carbonyl (C=O) groups excluding carboxylic acids is 1. The van der Waals surface area contributed by atoms with Gasteiger partial charge in [0.05, 0.1) is 18.2 Å². The number of aromatic nitrogens is 1. The number of carbonyl (C=O) groups is 1. The van der Waals surface area contributed by atoms with Crippen LogP contribution in [0.4, 0.5) is 0 Å². The summed E-state index contributed by atoms with van der Waals surface area (Å²) in [5.41, 5.74) is 0.488. The smallest absolute Gasteiger partial charge is 0.253 e. The van der Waals surface area contributed by atoms with Gasteiger partial charge >= 0.3 is 0 Å². The number of pyridine rings is 1. The molecular formula is C12H17BrN2O2. The van der Waals surface area contributed by atoms with Gasteiger partial charge in [0, 0.05) is 16.9 Å². The van der Waals surface area contributed by atoms with Crippen LogP contribution in [0, 0.1) is 5.92 Å². The van der Waals surface area contributed by atoms with Crippen molar-refractivity contribution in [3.8, 4) is 0 Å². The minimum atomic E-state index is -0.210. The number of amides is 1. The van der Waals surface area contributed by atoms with Gasteiger partial charge in [0.25, 0.3) is 5.91 Å². The van der Waals surface area contributed by atoms with E-state index in [1.165, 1.54) is 6.20 Å². The van der Waals surface area contributed by atoms with E-state index in [9.17, 15) is 9.90 Å². The van der Waals surface area contributed by atoms with Crippen molar-refractivity contribution < 1.29 is 9.90 Å². The van der Waals surface area contributed by atoms with Crippen molar-refractivity contribution in [1.29, 1.82) is 0 Å². The van der Waals surface area contributed by atoms with Crippen molar-refractivity contribution in [1.82, 2.24) is 10.3 Å². The van der Waals surface area contributed by atoms with E-state index in [4.69, 9.17) is 0 Å². The minimum Gasteiger partial charge on any atom is -0.394 e. The standard InChI is InChI=1S/C12H17BrN2O2/c1-8(2)3-11(7-16)15-12(17)9-4-10(13)6-14-5-9/h4-6,8,11,16H,3,7H2,1-2H3,(H,15,17). The van der Waals surface area contributed by atoms with Gasteiger partial charge in [-0.3, -0.25) is 9.78 Å². The summed E-state index contributed by atoms with van der Waals surface area (Å²) >= 11 is 3.26. The van der Waals surface area contributed by atoms with E-state index < -0.39 is 0 Å². The lowest BCUT2D eigenvalue weighted by Gasteiger charge is -2.18. The molecular weight excluding hydrogens is 284 g/mol. The van der Waals surface area contributed by atoms with Crippen LogP contribution in [0.25, 0.3) is 0 Å². The van der Waals surface area contributed by atoms with E-state index >= 15 is 0 Å². The van der Waals surface area contributed by atoms with Crippen LogP contribution < -0.4 is 5.32 Å². The molecule has 17 heavy (non-hydrogen) atoms.